The van der Waals surface area contributed by atoms with E-state index in [9.17, 15) is 48.7 Å². The molecule has 1 heterocycles. The smallest absolute Gasteiger partial charge is 0.326 e. The minimum absolute atomic E-state index is 0.123. The molecule has 0 spiro atoms. The number of rotatable bonds is 4. The molecule has 0 aliphatic rings. The molecular weight excluding hydrogens is 454 g/mol. The Kier molecular flexibility index (Phi) is 6.06. The standard InChI is InChI=1S/C16H12F10N4O/c1-29(8-4-3-7(17)6(5-27)10(8)18)13(31)11-9(15(21,22)23)12(28-30(11)2)14(19,20)16(24,25)26/h3-4H,5,27H2,1-2H3. The molecule has 2 rings (SSSR count). The number of carbonyl (C=O) groups excluding carboxylic acids is 1. The zero-order chi connectivity index (χ0) is 24.1. The van der Waals surface area contributed by atoms with Gasteiger partial charge in [0.25, 0.3) is 5.91 Å². The molecule has 0 saturated heterocycles. The number of nitrogens with zero attached hydrogens (tertiary/aromatic N) is 3. The largest absolute Gasteiger partial charge is 0.459 e. The topological polar surface area (TPSA) is 64.2 Å². The number of halogens is 10. The third-order valence-electron chi connectivity index (χ3n) is 4.22. The van der Waals surface area contributed by atoms with Crippen LogP contribution in [0.1, 0.15) is 27.3 Å². The van der Waals surface area contributed by atoms with E-state index in [2.05, 4.69) is 5.10 Å². The average Bonchev–Trinajstić information content (AvgIpc) is 2.98. The highest BCUT2D eigenvalue weighted by Crippen LogP contribution is 2.48. The van der Waals surface area contributed by atoms with Gasteiger partial charge >= 0.3 is 18.3 Å². The number of alkyl halides is 8. The van der Waals surface area contributed by atoms with Crippen LogP contribution in [0.15, 0.2) is 12.1 Å². The maximum Gasteiger partial charge on any atom is 0.459 e. The Labute approximate surface area is 167 Å². The van der Waals surface area contributed by atoms with Crippen molar-refractivity contribution in [1.82, 2.24) is 9.78 Å². The van der Waals surface area contributed by atoms with Gasteiger partial charge in [-0.2, -0.15) is 40.2 Å². The monoisotopic (exact) mass is 466 g/mol. The van der Waals surface area contributed by atoms with Crippen LogP contribution in [0.3, 0.4) is 0 Å². The molecule has 0 unspecified atom stereocenters. The van der Waals surface area contributed by atoms with Crippen LogP contribution in [0.2, 0.25) is 0 Å². The summed E-state index contributed by atoms with van der Waals surface area (Å²) in [6, 6.07) is 1.29. The molecule has 1 aromatic heterocycles. The second-order valence-corrected chi connectivity index (χ2v) is 6.19. The highest BCUT2D eigenvalue weighted by molar-refractivity contribution is 6.06. The lowest BCUT2D eigenvalue weighted by Crippen LogP contribution is -2.36. The summed E-state index contributed by atoms with van der Waals surface area (Å²) in [5.74, 6) is -10.5. The van der Waals surface area contributed by atoms with Crippen LogP contribution in [0, 0.1) is 11.6 Å². The molecule has 2 aromatic rings. The zero-order valence-corrected chi connectivity index (χ0v) is 15.5. The van der Waals surface area contributed by atoms with Crippen LogP contribution in [0.5, 0.6) is 0 Å². The van der Waals surface area contributed by atoms with Gasteiger partial charge in [0, 0.05) is 26.2 Å². The van der Waals surface area contributed by atoms with Gasteiger partial charge in [0.2, 0.25) is 0 Å². The van der Waals surface area contributed by atoms with Crippen LogP contribution in [0.4, 0.5) is 49.6 Å². The first-order valence-electron chi connectivity index (χ1n) is 8.01. The number of anilines is 1. The van der Waals surface area contributed by atoms with E-state index >= 15 is 0 Å². The Bertz CT molecular complexity index is 1010. The third kappa shape index (κ3) is 4.05. The molecule has 31 heavy (non-hydrogen) atoms. The van der Waals surface area contributed by atoms with E-state index in [-0.39, 0.29) is 9.58 Å². The summed E-state index contributed by atoms with van der Waals surface area (Å²) in [4.78, 5) is 12.8. The van der Waals surface area contributed by atoms with Crippen LogP contribution >= 0.6 is 0 Å². The van der Waals surface area contributed by atoms with E-state index in [1.807, 2.05) is 0 Å². The van der Waals surface area contributed by atoms with Gasteiger partial charge in [-0.25, -0.2) is 8.78 Å². The minimum atomic E-state index is -6.45. The minimum Gasteiger partial charge on any atom is -0.326 e. The molecule has 0 atom stereocenters. The fourth-order valence-corrected chi connectivity index (χ4v) is 2.69. The molecule has 5 nitrogen and oxygen atoms in total. The van der Waals surface area contributed by atoms with Crippen molar-refractivity contribution in [3.8, 4) is 0 Å². The molecule has 15 heteroatoms. The van der Waals surface area contributed by atoms with Crippen molar-refractivity contribution in [2.75, 3.05) is 11.9 Å². The summed E-state index contributed by atoms with van der Waals surface area (Å²) in [5.41, 5.74) is -3.47. The van der Waals surface area contributed by atoms with Crippen molar-refractivity contribution in [1.29, 1.82) is 0 Å². The molecule has 0 radical (unpaired) electrons. The zero-order valence-electron chi connectivity index (χ0n) is 15.5. The van der Waals surface area contributed by atoms with Crippen molar-refractivity contribution in [3.63, 3.8) is 0 Å². The van der Waals surface area contributed by atoms with Crippen LogP contribution in [-0.4, -0.2) is 28.9 Å². The van der Waals surface area contributed by atoms with Gasteiger partial charge in [0.15, 0.2) is 11.5 Å². The Morgan fingerprint density at radius 1 is 1.10 bits per heavy atom. The molecule has 0 bridgehead atoms. The summed E-state index contributed by atoms with van der Waals surface area (Å²) in [5, 5.41) is 2.59. The maximum atomic E-state index is 14.4. The van der Waals surface area contributed by atoms with Crippen molar-refractivity contribution in [2.24, 2.45) is 12.8 Å². The third-order valence-corrected chi connectivity index (χ3v) is 4.22. The summed E-state index contributed by atoms with van der Waals surface area (Å²) >= 11 is 0. The summed E-state index contributed by atoms with van der Waals surface area (Å²) in [6.07, 6.45) is -12.3. The summed E-state index contributed by atoms with van der Waals surface area (Å²) in [6.45, 7) is -0.699. The fourth-order valence-electron chi connectivity index (χ4n) is 2.69. The Morgan fingerprint density at radius 3 is 2.10 bits per heavy atom. The average molecular weight is 466 g/mol. The normalized spacial score (nSPS) is 12.9. The van der Waals surface area contributed by atoms with Crippen LogP contribution < -0.4 is 10.6 Å². The van der Waals surface area contributed by atoms with Gasteiger partial charge < -0.3 is 10.6 Å². The van der Waals surface area contributed by atoms with Gasteiger partial charge in [-0.05, 0) is 12.1 Å². The van der Waals surface area contributed by atoms with E-state index in [4.69, 9.17) is 5.73 Å². The van der Waals surface area contributed by atoms with Gasteiger partial charge in [0.1, 0.15) is 17.1 Å². The second kappa shape index (κ2) is 7.69. The van der Waals surface area contributed by atoms with Crippen LogP contribution in [0.25, 0.3) is 0 Å². The highest BCUT2D eigenvalue weighted by Gasteiger charge is 2.64. The first-order chi connectivity index (χ1) is 14.0. The van der Waals surface area contributed by atoms with Crippen molar-refractivity contribution in [3.05, 3.63) is 46.3 Å². The van der Waals surface area contributed by atoms with Gasteiger partial charge in [-0.1, -0.05) is 0 Å². The molecule has 0 fully saturated rings. The Hall–Kier alpha value is -2.84. The molecule has 0 aliphatic heterocycles. The number of carbonyl (C=O) groups is 1. The predicted octanol–water partition coefficient (Wildman–Crippen LogP) is 4.11. The lowest BCUT2D eigenvalue weighted by molar-refractivity contribution is -0.292. The molecular formula is C16H12F10N4O. The van der Waals surface area contributed by atoms with E-state index in [0.29, 0.717) is 26.2 Å². The molecule has 2 N–H and O–H groups in total. The maximum absolute atomic E-state index is 14.4. The summed E-state index contributed by atoms with van der Waals surface area (Å²) < 4.78 is 134. The molecule has 172 valence electrons. The number of benzene rings is 1. The lowest BCUT2D eigenvalue weighted by Gasteiger charge is -2.22. The lowest BCUT2D eigenvalue weighted by atomic mass is 10.1. The first kappa shape index (κ1) is 24.4. The van der Waals surface area contributed by atoms with Crippen molar-refractivity contribution < 1.29 is 48.7 Å². The van der Waals surface area contributed by atoms with E-state index in [1.54, 1.807) is 0 Å². The highest BCUT2D eigenvalue weighted by atomic mass is 19.4. The molecule has 1 amide bonds. The summed E-state index contributed by atoms with van der Waals surface area (Å²) in [7, 11) is 1.23. The molecule has 1 aromatic carbocycles. The van der Waals surface area contributed by atoms with Crippen LogP contribution in [-0.2, 0) is 25.7 Å². The first-order valence-corrected chi connectivity index (χ1v) is 8.01. The van der Waals surface area contributed by atoms with E-state index < -0.39 is 70.6 Å². The van der Waals surface area contributed by atoms with Crippen molar-refractivity contribution >= 4 is 11.6 Å². The van der Waals surface area contributed by atoms with Gasteiger partial charge in [-0.3, -0.25) is 9.48 Å². The van der Waals surface area contributed by atoms with Gasteiger partial charge in [0.05, 0.1) is 5.69 Å². The SMILES string of the molecule is CN(C(=O)c1c(C(F)(F)F)c(C(F)(F)C(F)(F)F)nn1C)c1ccc(F)c(CN)c1F. The fraction of sp³-hybridized carbons (Fsp3) is 0.375. The number of hydrogen-bond acceptors (Lipinski definition) is 3. The molecule has 0 saturated carbocycles. The number of aromatic nitrogens is 2. The van der Waals surface area contributed by atoms with E-state index in [0.717, 1.165) is 0 Å². The van der Waals surface area contributed by atoms with E-state index in [1.165, 1.54) is 0 Å². The predicted molar refractivity (Wildman–Crippen MR) is 85.1 cm³/mol. The van der Waals surface area contributed by atoms with Gasteiger partial charge in [-0.15, -0.1) is 0 Å². The number of hydrogen-bond donors (Lipinski definition) is 1. The Balaban J connectivity index is 2.73. The van der Waals surface area contributed by atoms with Crippen molar-refractivity contribution in [2.45, 2.75) is 24.8 Å². The number of nitrogens with two attached hydrogens (primary N) is 1. The number of aryl methyl sites for hydroxylation is 1. The number of amides is 1. The second-order valence-electron chi connectivity index (χ2n) is 6.19. The quantitative estimate of drug-likeness (QED) is 0.691. The molecule has 0 aliphatic carbocycles. The Morgan fingerprint density at radius 2 is 1.65 bits per heavy atom.